The van der Waals surface area contributed by atoms with Gasteiger partial charge in [0.15, 0.2) is 0 Å². The van der Waals surface area contributed by atoms with Crippen LogP contribution in [0.4, 0.5) is 9.59 Å². The standard InChI is InChI=1S/C10H17NO2.C9H17NO3.C5H9N2O4P.CH2O3.CH4O.I65.2K.H/c1-6-8(7-2)11-9(12)13-10(3,4)5;1-5-7(6-11)10-8(12)13-9(2,3)4;1-4(8)5(7-6)12(9,10-2)11-3;2-1-4-3;1-2;1-34-36(4)38(6)40(8)42(10)44(12)46(14)48(16)50(18)52(20)54(22)56(24)58(26)60(28)62(30)64(32)65(33)63(31)61(29)59(27)57(25)55(23)53(21)51(19)49(17)47(15)45(13)43(11)41(9)39(7)37(5)35(2)3;;;/h1,8H,7H2,2-5H3,(H,11,12);6-7H,5H2,1-4H3,(H,10,12);1-3H3;1,3H;2H,1H3;;;;/q;;;;;-1;2*+1;-1/p-1. The second kappa shape index (κ2) is 106. The van der Waals surface area contributed by atoms with Gasteiger partial charge in [0, 0.05) is 28.3 Å². The number of nitrogens with one attached hydrogen (secondary N) is 2. The zero-order valence-electron chi connectivity index (χ0n) is 55.1. The maximum atomic E-state index is 11.4. The van der Waals surface area contributed by atoms with Gasteiger partial charge in [-0.05, 0) is 54.4 Å². The molecule has 0 saturated heterocycles. The van der Waals surface area contributed by atoms with E-state index in [1.54, 1.807) is 20.8 Å². The maximum absolute atomic E-state index is 11.4. The number of alkyl carbamates (subject to hydrolysis) is 2. The van der Waals surface area contributed by atoms with Crippen LogP contribution in [0.5, 0.6) is 0 Å². The summed E-state index contributed by atoms with van der Waals surface area (Å²) in [5.74, 6) is 1.79. The molecule has 0 rings (SSSR count). The van der Waals surface area contributed by atoms with E-state index in [-0.39, 0.29) is 117 Å². The number of amides is 2. The number of hydrogen-bond donors (Lipinski definition) is 3. The van der Waals surface area contributed by atoms with Crippen molar-refractivity contribution in [1.82, 2.24) is 10.6 Å². The summed E-state index contributed by atoms with van der Waals surface area (Å²) in [6.45, 7) is 15.4. The van der Waals surface area contributed by atoms with Gasteiger partial charge in [0.2, 0.25) is 5.78 Å². The average Bonchev–Trinajstić information content (AvgIpc) is 0.823. The summed E-state index contributed by atoms with van der Waals surface area (Å²) >= 11 is 110. The number of hydrogen-bond acceptors (Lipinski definition) is 13. The van der Waals surface area contributed by atoms with E-state index >= 15 is 0 Å². The van der Waals surface area contributed by atoms with Crippen LogP contribution in [0.15, 0.2) is 0 Å². The number of Topliss-reactive ketones (excluding diaryl/α,β-unsaturated/α-hetero) is 1. The Hall–Kier alpha value is 47.1. The Kier molecular flexibility index (Phi) is 165. The molecule has 0 aliphatic rings. The van der Waals surface area contributed by atoms with Crippen molar-refractivity contribution < 1.29 is 185 Å². The molecule has 2 atom stereocenters. The van der Waals surface area contributed by atoms with E-state index in [0.29, 0.717) is 32.4 Å². The third-order valence-corrected chi connectivity index (χ3v) is 5050. The fourth-order valence-corrected chi connectivity index (χ4v) is 12400. The van der Waals surface area contributed by atoms with Crippen LogP contribution in [0.3, 0.4) is 0 Å². The number of carbonyl (C=O) groups is 5. The molecular formula is C26H49I65K2N4O13P-. The molecule has 17 nitrogen and oxygen atoms in total. The minimum Gasteiger partial charge on any atom is -1.00 e. The van der Waals surface area contributed by atoms with Gasteiger partial charge in [0.25, 0.3) is 6.47 Å². The van der Waals surface area contributed by atoms with E-state index in [2.05, 4.69) is 650 Å². The Morgan fingerprint density at radius 3 is 0.820 bits per heavy atom. The summed E-state index contributed by atoms with van der Waals surface area (Å²) in [5, 5.41) is 20.4. The molecule has 111 heavy (non-hydrogen) atoms. The second-order valence-electron chi connectivity index (χ2n) is 14.7. The molecule has 0 heterocycles. The molecule has 0 bridgehead atoms. The van der Waals surface area contributed by atoms with Gasteiger partial charge in [0.05, 0.1) is 12.1 Å². The zero-order chi connectivity index (χ0) is 87.8. The molecule has 0 aliphatic carbocycles. The number of terminal acetylenes is 1. The fourth-order valence-electron chi connectivity index (χ4n) is 2.88. The minimum atomic E-state index is -3.70. The second-order valence-corrected chi connectivity index (χ2v) is 1540. The number of aliphatic hydroxyl groups excluding tert-OH is 1. The Balaban J connectivity index is -0.000000258. The summed E-state index contributed by atoms with van der Waals surface area (Å²) in [6.07, 6.45) is 6.14. The number of aliphatic hydroxyl groups is 1. The summed E-state index contributed by atoms with van der Waals surface area (Å²) in [5.41, 5.74) is 6.73. The van der Waals surface area contributed by atoms with Crippen molar-refractivity contribution in [3.63, 3.8) is 0 Å². The number of halogens is 65. The fraction of sp³-hybridized carbons (Fsp3) is 0.692. The number of ether oxygens (including phenoxy) is 2. The summed E-state index contributed by atoms with van der Waals surface area (Å²) in [6, 6.07) is -0.690. The molecule has 85 heteroatoms. The molecule has 3 N–H and O–H groups in total. The number of nitrogens with zero attached hydrogens (tertiary/aromatic N) is 2. The Bertz CT molecular complexity index is 2670. The van der Waals surface area contributed by atoms with Crippen molar-refractivity contribution in [2.75, 3.05) is 21.3 Å². The van der Waals surface area contributed by atoms with Gasteiger partial charge in [-0.1, -0.05) is 19.8 Å². The maximum Gasteiger partial charge on any atom is 1.00 e. The SMILES string of the molecule is C#CC(CC)NC(=O)OC(C)(C)C.CCC(C=O)NC(=O)OC(C)(C)C.CO.COP(=O)(OC)C(=[N+]=[N-])C(C)=O.I[I-]I(I)I(I)I(I)I(I)I(I)I(I)I(I)I(I)I(I)I(I)I(I)I(I)I(I)I(I)I(I)I(I)I(I)I(I)I(I)I(I)I(I)I(I)I(I)I(I)I(I)I(I)I(I)I(I)I(I)I(I)I(I)I.O=CO[O-].[H-].[K+].[K+]. The van der Waals surface area contributed by atoms with Crippen molar-refractivity contribution in [3.8, 4) is 12.3 Å². The van der Waals surface area contributed by atoms with Gasteiger partial charge < -0.3 is 56.2 Å². The molecular weight excluding hydrogens is 8930 g/mol. The van der Waals surface area contributed by atoms with Gasteiger partial charge >= 0.3 is 1000 Å². The van der Waals surface area contributed by atoms with Crippen molar-refractivity contribution in [1.29, 1.82) is 0 Å². The van der Waals surface area contributed by atoms with Gasteiger partial charge in [-0.2, -0.15) is 4.79 Å². The van der Waals surface area contributed by atoms with Crippen molar-refractivity contribution in [2.45, 2.75) is 98.4 Å². The van der Waals surface area contributed by atoms with Crippen LogP contribution < -0.4 is 132 Å². The van der Waals surface area contributed by atoms with Gasteiger partial charge in [0.1, 0.15) is 17.5 Å². The Morgan fingerprint density at radius 2 is 0.694 bits per heavy atom. The molecule has 0 aliphatic heterocycles. The topological polar surface area (TPSA) is 252 Å². The van der Waals surface area contributed by atoms with Crippen LogP contribution in [0.1, 0.15) is 76.6 Å². The largest absolute Gasteiger partial charge is 1.00 e. The van der Waals surface area contributed by atoms with Crippen LogP contribution in [0.2, 0.25) is 0 Å². The predicted molar refractivity (Wildman–Crippen MR) is 1060 cm³/mol. The average molecular weight is 8980 g/mol. The first-order valence-electron chi connectivity index (χ1n) is 21.9. The van der Waals surface area contributed by atoms with E-state index in [1.807, 2.05) is 34.6 Å². The molecule has 714 valence electrons. The van der Waals surface area contributed by atoms with E-state index in [9.17, 15) is 23.7 Å². The van der Waals surface area contributed by atoms with Crippen LogP contribution in [-0.2, 0) is 42.4 Å². The molecule has 2 unspecified atom stereocenters. The first-order chi connectivity index (χ1) is 49.8. The third kappa shape index (κ3) is 82.4. The monoisotopic (exact) mass is 8980 g/mol. The first-order valence-corrected chi connectivity index (χ1v) is 426. The van der Waals surface area contributed by atoms with Crippen LogP contribution in [0.25, 0.3) is 5.53 Å². The van der Waals surface area contributed by atoms with E-state index in [0.717, 1.165) is 28.3 Å². The zero-order valence-corrected chi connectivity index (χ0v) is 201. The quantitative estimate of drug-likeness (QED) is 0.00493. The Morgan fingerprint density at radius 1 is 0.486 bits per heavy atom. The van der Waals surface area contributed by atoms with Gasteiger partial charge in [-0.15, -0.1) is 6.42 Å². The molecule has 0 aromatic rings. The van der Waals surface area contributed by atoms with Crippen LogP contribution in [0, 0.1) is 12.3 Å². The number of aldehydes is 1. The number of rotatable bonds is 41. The van der Waals surface area contributed by atoms with Crippen molar-refractivity contribution >= 4 is 903 Å². The van der Waals surface area contributed by atoms with E-state index in [1.165, 1.54) is 0 Å². The first kappa shape index (κ1) is 173. The van der Waals surface area contributed by atoms with Crippen LogP contribution in [-0.4, -0.2) is 90.7 Å². The van der Waals surface area contributed by atoms with Crippen LogP contribution >= 0.6 is 867 Å². The van der Waals surface area contributed by atoms with Gasteiger partial charge in [-0.25, -0.2) is 14.2 Å². The normalized spacial score (nSPS) is 15.5. The summed E-state index contributed by atoms with van der Waals surface area (Å²) in [7, 11) is -17.9. The molecule has 0 saturated carbocycles. The minimum absolute atomic E-state index is 0. The number of ketones is 1. The summed E-state index contributed by atoms with van der Waals surface area (Å²) in [4.78, 5) is 57.1. The molecule has 0 fully saturated rings. The number of carbonyl (C=O) groups excluding carboxylic acids is 5. The molecule has 2 amide bonds. The van der Waals surface area contributed by atoms with Gasteiger partial charge in [-0.3, -0.25) is 9.59 Å². The third-order valence-electron chi connectivity index (χ3n) is 6.29. The van der Waals surface area contributed by atoms with Crippen molar-refractivity contribution in [3.05, 3.63) is 5.53 Å². The van der Waals surface area contributed by atoms with E-state index < -0.39 is 293 Å². The molecule has 0 aromatic carbocycles. The molecule has 0 radical (unpaired) electrons. The smallest absolute Gasteiger partial charge is 1.00 e. The predicted octanol–water partition coefficient (Wildman–Crippen LogP) is 50.0. The van der Waals surface area contributed by atoms with Crippen molar-refractivity contribution in [2.24, 2.45) is 0 Å². The Labute approximate surface area is 1180 Å². The van der Waals surface area contributed by atoms with E-state index in [4.69, 9.17) is 36.6 Å². The molecule has 0 spiro atoms. The summed E-state index contributed by atoms with van der Waals surface area (Å²) < 4.78 is 30.2. The molecule has 0 aromatic heterocycles.